The summed E-state index contributed by atoms with van der Waals surface area (Å²) in [6.07, 6.45) is 1.41. The van der Waals surface area contributed by atoms with Gasteiger partial charge in [0, 0.05) is 17.1 Å². The van der Waals surface area contributed by atoms with Crippen molar-refractivity contribution in [3.8, 4) is 11.3 Å². The lowest BCUT2D eigenvalue weighted by Gasteiger charge is -2.02. The molecule has 0 atom stereocenters. The van der Waals surface area contributed by atoms with E-state index in [0.717, 1.165) is 0 Å². The molecule has 0 aliphatic rings. The number of fused-ring (bicyclic) bond motifs is 1. The molecule has 3 N–H and O–H groups in total. The maximum absolute atomic E-state index is 13.4. The minimum atomic E-state index is -0.544. The van der Waals surface area contributed by atoms with Gasteiger partial charge in [-0.25, -0.2) is 10.2 Å². The number of amides is 1. The molecule has 0 aliphatic heterocycles. The zero-order chi connectivity index (χ0) is 19.8. The topological polar surface area (TPSA) is 90.3 Å². The van der Waals surface area contributed by atoms with Crippen molar-refractivity contribution >= 4 is 34.3 Å². The summed E-state index contributed by atoms with van der Waals surface area (Å²) in [5, 5.41) is 0.534. The third-order valence-corrected chi connectivity index (χ3v) is 4.62. The van der Waals surface area contributed by atoms with Gasteiger partial charge in [-0.1, -0.05) is 29.8 Å². The maximum Gasteiger partial charge on any atom is 0.298 e. The van der Waals surface area contributed by atoms with Crippen molar-refractivity contribution in [3.05, 3.63) is 83.0 Å². The van der Waals surface area contributed by atoms with Crippen LogP contribution in [0.5, 0.6) is 0 Å². The van der Waals surface area contributed by atoms with Crippen LogP contribution in [0.1, 0.15) is 20.9 Å². The Kier molecular flexibility index (Phi) is 4.46. The van der Waals surface area contributed by atoms with Crippen LogP contribution in [-0.2, 0) is 0 Å². The second-order valence-corrected chi connectivity index (χ2v) is 6.41. The summed E-state index contributed by atoms with van der Waals surface area (Å²) in [5.41, 5.74) is 3.41. The van der Waals surface area contributed by atoms with Gasteiger partial charge in [0.1, 0.15) is 11.6 Å². The average Bonchev–Trinajstić information content (AvgIpc) is 3.34. The molecule has 2 aromatic carbocycles. The van der Waals surface area contributed by atoms with Crippen LogP contribution in [0.15, 0.2) is 65.2 Å². The first kappa shape index (κ1) is 18.0. The van der Waals surface area contributed by atoms with E-state index in [-0.39, 0.29) is 16.3 Å². The van der Waals surface area contributed by atoms with Gasteiger partial charge in [-0.3, -0.25) is 19.6 Å². The Morgan fingerprint density at radius 3 is 2.64 bits per heavy atom. The van der Waals surface area contributed by atoms with Crippen LogP contribution in [0.4, 0.5) is 4.39 Å². The number of para-hydroxylation sites is 1. The van der Waals surface area contributed by atoms with Crippen molar-refractivity contribution in [1.29, 1.82) is 0 Å². The quantitative estimate of drug-likeness (QED) is 0.311. The average molecular weight is 398 g/mol. The second kappa shape index (κ2) is 6.95. The normalized spacial score (nSPS) is 11.0. The molecule has 4 aromatic rings. The third kappa shape index (κ3) is 2.96. The number of hydrogen-bond donors (Lipinski definition) is 2. The Morgan fingerprint density at radius 2 is 1.89 bits per heavy atom. The van der Waals surface area contributed by atoms with E-state index in [9.17, 15) is 14.0 Å². The Labute approximate surface area is 163 Å². The summed E-state index contributed by atoms with van der Waals surface area (Å²) in [5.74, 6) is 4.13. The van der Waals surface area contributed by atoms with Crippen LogP contribution >= 0.6 is 11.6 Å². The monoisotopic (exact) mass is 397 g/mol. The number of halogens is 2. The molecule has 0 saturated carbocycles. The standard InChI is InChI=1S/C20H13ClFN3O3/c21-14-9-11(5-6-15(14)22)17-7-8-18(28-17)20(27)25-10-13(19(26)24-23)12-3-1-2-4-16(12)25/h1-10H,23H2,(H,24,26). The summed E-state index contributed by atoms with van der Waals surface area (Å²) < 4.78 is 20.3. The van der Waals surface area contributed by atoms with Crippen LogP contribution in [0.25, 0.3) is 22.2 Å². The number of aromatic nitrogens is 1. The van der Waals surface area contributed by atoms with Crippen LogP contribution in [0, 0.1) is 5.82 Å². The van der Waals surface area contributed by atoms with Crippen molar-refractivity contribution in [2.45, 2.75) is 0 Å². The number of hydrazine groups is 1. The molecule has 0 radical (unpaired) electrons. The Balaban J connectivity index is 1.76. The molecule has 0 spiro atoms. The fourth-order valence-corrected chi connectivity index (χ4v) is 3.16. The Morgan fingerprint density at radius 1 is 1.11 bits per heavy atom. The van der Waals surface area contributed by atoms with Crippen molar-refractivity contribution in [2.75, 3.05) is 0 Å². The highest BCUT2D eigenvalue weighted by Crippen LogP contribution is 2.28. The summed E-state index contributed by atoms with van der Waals surface area (Å²) in [6, 6.07) is 14.2. The molecule has 6 nitrogen and oxygen atoms in total. The highest BCUT2D eigenvalue weighted by atomic mass is 35.5. The zero-order valence-electron chi connectivity index (χ0n) is 14.3. The fraction of sp³-hybridized carbons (Fsp3) is 0. The molecule has 28 heavy (non-hydrogen) atoms. The minimum absolute atomic E-state index is 0.0457. The van der Waals surface area contributed by atoms with E-state index in [1.807, 2.05) is 0 Å². The number of nitrogens with one attached hydrogen (secondary N) is 1. The SMILES string of the molecule is NNC(=O)c1cn(C(=O)c2ccc(-c3ccc(F)c(Cl)c3)o2)c2ccccc12. The van der Waals surface area contributed by atoms with Crippen molar-refractivity contribution in [2.24, 2.45) is 5.84 Å². The van der Waals surface area contributed by atoms with E-state index in [2.05, 4.69) is 5.43 Å². The molecule has 0 aliphatic carbocycles. The van der Waals surface area contributed by atoms with E-state index in [0.29, 0.717) is 22.2 Å². The summed E-state index contributed by atoms with van der Waals surface area (Å²) >= 11 is 5.80. The molecule has 4 rings (SSSR count). The molecule has 0 fully saturated rings. The number of benzene rings is 2. The predicted molar refractivity (Wildman–Crippen MR) is 102 cm³/mol. The number of nitrogens with two attached hydrogens (primary N) is 1. The van der Waals surface area contributed by atoms with Gasteiger partial charge in [-0.05, 0) is 36.4 Å². The summed E-state index contributed by atoms with van der Waals surface area (Å²) in [4.78, 5) is 25.0. The lowest BCUT2D eigenvalue weighted by atomic mass is 10.2. The number of carbonyl (C=O) groups is 2. The molecule has 0 saturated heterocycles. The molecule has 1 amide bonds. The lowest BCUT2D eigenvalue weighted by molar-refractivity contribution is 0.0938. The van der Waals surface area contributed by atoms with E-state index in [1.165, 1.54) is 35.0 Å². The number of carbonyl (C=O) groups excluding carboxylic acids is 2. The number of nitrogen functional groups attached to an aromatic ring is 1. The van der Waals surface area contributed by atoms with Crippen LogP contribution in [-0.4, -0.2) is 16.4 Å². The largest absolute Gasteiger partial charge is 0.451 e. The van der Waals surface area contributed by atoms with Gasteiger partial charge < -0.3 is 4.42 Å². The van der Waals surface area contributed by atoms with Crippen molar-refractivity contribution in [1.82, 2.24) is 9.99 Å². The van der Waals surface area contributed by atoms with E-state index < -0.39 is 17.6 Å². The van der Waals surface area contributed by atoms with E-state index in [1.54, 1.807) is 30.3 Å². The van der Waals surface area contributed by atoms with Crippen LogP contribution in [0.3, 0.4) is 0 Å². The van der Waals surface area contributed by atoms with Gasteiger partial charge in [0.2, 0.25) is 0 Å². The Hall–Kier alpha value is -3.42. The smallest absolute Gasteiger partial charge is 0.298 e. The van der Waals surface area contributed by atoms with Gasteiger partial charge in [0.25, 0.3) is 11.8 Å². The van der Waals surface area contributed by atoms with Gasteiger partial charge in [-0.15, -0.1) is 0 Å². The summed E-state index contributed by atoms with van der Waals surface area (Å²) in [6.45, 7) is 0. The van der Waals surface area contributed by atoms with Gasteiger partial charge >= 0.3 is 0 Å². The molecular formula is C20H13ClFN3O3. The Bertz CT molecular complexity index is 1230. The highest BCUT2D eigenvalue weighted by molar-refractivity contribution is 6.31. The molecule has 8 heteroatoms. The molecule has 2 aromatic heterocycles. The summed E-state index contributed by atoms with van der Waals surface area (Å²) in [7, 11) is 0. The maximum atomic E-state index is 13.4. The number of hydrogen-bond acceptors (Lipinski definition) is 4. The van der Waals surface area contributed by atoms with Gasteiger partial charge in [0.05, 0.1) is 16.1 Å². The molecule has 2 heterocycles. The van der Waals surface area contributed by atoms with Gasteiger partial charge in [0.15, 0.2) is 5.76 Å². The van der Waals surface area contributed by atoms with Crippen molar-refractivity contribution < 1.29 is 18.4 Å². The molecule has 0 bridgehead atoms. The molecule has 140 valence electrons. The van der Waals surface area contributed by atoms with Crippen LogP contribution < -0.4 is 11.3 Å². The first-order valence-corrected chi connectivity index (χ1v) is 8.58. The highest BCUT2D eigenvalue weighted by Gasteiger charge is 2.21. The first-order valence-electron chi connectivity index (χ1n) is 8.20. The zero-order valence-corrected chi connectivity index (χ0v) is 15.0. The second-order valence-electron chi connectivity index (χ2n) is 6.00. The number of rotatable bonds is 3. The van der Waals surface area contributed by atoms with E-state index >= 15 is 0 Å². The third-order valence-electron chi connectivity index (χ3n) is 4.33. The van der Waals surface area contributed by atoms with E-state index in [4.69, 9.17) is 21.9 Å². The lowest BCUT2D eigenvalue weighted by Crippen LogP contribution is -2.29. The first-order chi connectivity index (χ1) is 13.5. The predicted octanol–water partition coefficient (Wildman–Crippen LogP) is 3.99. The van der Waals surface area contributed by atoms with Crippen molar-refractivity contribution in [3.63, 3.8) is 0 Å². The minimum Gasteiger partial charge on any atom is -0.451 e. The molecule has 0 unspecified atom stereocenters. The molecular weight excluding hydrogens is 385 g/mol. The fourth-order valence-electron chi connectivity index (χ4n) is 2.98. The number of furan rings is 1. The van der Waals surface area contributed by atoms with Crippen LogP contribution in [0.2, 0.25) is 5.02 Å². The van der Waals surface area contributed by atoms with Gasteiger partial charge in [-0.2, -0.15) is 0 Å². The number of nitrogens with zero attached hydrogens (tertiary/aromatic N) is 1.